The fraction of sp³-hybridized carbons (Fsp3) is 0.140. The van der Waals surface area contributed by atoms with Crippen molar-refractivity contribution in [1.29, 1.82) is 0 Å². The van der Waals surface area contributed by atoms with Crippen molar-refractivity contribution in [2.75, 3.05) is 14.2 Å². The number of hydrogen-bond acceptors (Lipinski definition) is 23. The van der Waals surface area contributed by atoms with Gasteiger partial charge >= 0.3 is 11.9 Å². The molecule has 10 heterocycles. The van der Waals surface area contributed by atoms with E-state index in [2.05, 4.69) is 39.4 Å². The summed E-state index contributed by atoms with van der Waals surface area (Å²) < 4.78 is 11.9. The van der Waals surface area contributed by atoms with Gasteiger partial charge in [0.25, 0.3) is 0 Å². The Labute approximate surface area is 616 Å². The van der Waals surface area contributed by atoms with E-state index in [-0.39, 0.29) is 224 Å². The molecule has 0 aliphatic carbocycles. The van der Waals surface area contributed by atoms with Crippen LogP contribution in [0.25, 0.3) is 40.3 Å². The summed E-state index contributed by atoms with van der Waals surface area (Å²) in [5, 5.41) is 61.1. The minimum atomic E-state index is -0.631. The van der Waals surface area contributed by atoms with Gasteiger partial charge in [-0.3, -0.25) is 44.3 Å². The third-order valence-electron chi connectivity index (χ3n) is 10.0. The summed E-state index contributed by atoms with van der Waals surface area (Å²) >= 11 is 27.1. The van der Waals surface area contributed by atoms with Gasteiger partial charge in [-0.05, 0) is 44.9 Å². The van der Waals surface area contributed by atoms with Crippen molar-refractivity contribution < 1.29 is 215 Å². The molecule has 0 radical (unpaired) electrons. The van der Waals surface area contributed by atoms with Gasteiger partial charge in [0.05, 0.1) is 99.1 Å². The number of pyridine rings is 6. The molecule has 432 valence electrons. The second-order valence-electron chi connectivity index (χ2n) is 15.3. The molecule has 10 aromatic rings. The van der Waals surface area contributed by atoms with Crippen LogP contribution in [0.1, 0.15) is 80.9 Å². The van der Waals surface area contributed by atoms with E-state index in [9.17, 15) is 54.6 Å². The Balaban J connectivity index is 0.000000486. The number of ketones is 3. The number of ether oxygens (including phenoxy) is 2. The number of thiophene rings is 4. The van der Waals surface area contributed by atoms with E-state index in [4.69, 9.17) is 46.4 Å². The molecule has 31 heteroatoms. The molecule has 0 saturated heterocycles. The van der Waals surface area contributed by atoms with Crippen molar-refractivity contribution in [3.8, 4) is 34.5 Å². The predicted octanol–water partition coefficient (Wildman–Crippen LogP) is 13.0. The smallest absolute Gasteiger partial charge is 0.351 e. The molecule has 0 fully saturated rings. The maximum Gasteiger partial charge on any atom is 0.351 e. The Morgan fingerprint density at radius 3 is 1.02 bits per heavy atom. The topological polar surface area (TPSA) is 303 Å². The predicted molar refractivity (Wildman–Crippen MR) is 299 cm³/mol. The Hall–Kier alpha value is -2.31. The van der Waals surface area contributed by atoms with Gasteiger partial charge in [-0.25, -0.2) is 9.59 Å². The first kappa shape index (κ1) is 76.7. The van der Waals surface area contributed by atoms with Crippen molar-refractivity contribution in [2.24, 2.45) is 0 Å². The van der Waals surface area contributed by atoms with E-state index in [0.29, 0.717) is 55.6 Å². The number of halogens is 4. The summed E-state index contributed by atoms with van der Waals surface area (Å²) in [4.78, 5) is 80.1. The monoisotopic (exact) mass is 1360 g/mol. The number of carbonyl (C=O) groups excluding carboxylic acids is 5. The molecule has 0 spiro atoms. The average molecular weight is 1360 g/mol. The molecule has 0 amide bonds. The first-order valence-electron chi connectivity index (χ1n) is 21.4. The number of nitrogens with zero attached hydrogens (tertiary/aromatic N) is 6. The number of rotatable bonds is 5. The second kappa shape index (κ2) is 36.0. The SMILES string of the molecule is CC(=O)c1c(Cl)cncc1Cl.CC(=O)c1sc2cncc(O)c2c1C.CC(=O)c1sc2cncc(O)c2c1O.COC(=O)c1sc2cncc(O)c2c1C.COC(=O)c1sc2cncc(O)c2c1O.Clc1cncc(Cl)c1.[Ar].[Ar].[Ar].[Ar]. The number of esters is 2. The van der Waals surface area contributed by atoms with E-state index in [1.165, 1.54) is 120 Å². The number of carbonyl (C=O) groups is 5. The number of methoxy groups -OCH3 is 2. The van der Waals surface area contributed by atoms with E-state index in [1.807, 2.05) is 6.92 Å². The molecule has 0 aliphatic rings. The zero-order valence-corrected chi connectivity index (χ0v) is 51.4. The Kier molecular flexibility index (Phi) is 34.1. The molecule has 10 aromatic heterocycles. The largest absolute Gasteiger partial charge is 0.506 e. The van der Waals surface area contributed by atoms with Crippen LogP contribution in [0.5, 0.6) is 34.5 Å². The van der Waals surface area contributed by atoms with Crippen LogP contribution >= 0.6 is 91.8 Å². The van der Waals surface area contributed by atoms with Gasteiger partial charge in [-0.15, -0.1) is 45.3 Å². The molecule has 0 aromatic carbocycles. The zero-order valence-electron chi connectivity index (χ0n) is 42.3. The number of aromatic hydroxyl groups is 6. The molecular weight excluding hydrogens is 1320 g/mol. The first-order chi connectivity index (χ1) is 36.4. The summed E-state index contributed by atoms with van der Waals surface area (Å²) in [5.41, 5.74) is 1.92. The van der Waals surface area contributed by atoms with E-state index in [1.54, 1.807) is 25.4 Å². The molecule has 10 rings (SSSR count). The van der Waals surface area contributed by atoms with Gasteiger partial charge in [0.15, 0.2) is 28.0 Å². The summed E-state index contributed by atoms with van der Waals surface area (Å²) in [6.45, 7) is 7.93. The van der Waals surface area contributed by atoms with Gasteiger partial charge < -0.3 is 40.1 Å². The van der Waals surface area contributed by atoms with Crippen LogP contribution in [0.4, 0.5) is 0 Å². The maximum absolute atomic E-state index is 11.4. The zero-order chi connectivity index (χ0) is 57.0. The summed E-state index contributed by atoms with van der Waals surface area (Å²) in [6, 6.07) is 1.64. The van der Waals surface area contributed by atoms with Crippen LogP contribution in [-0.2, 0) is 9.47 Å². The summed E-state index contributed by atoms with van der Waals surface area (Å²) in [5.74, 6) is -1.80. The van der Waals surface area contributed by atoms with Crippen molar-refractivity contribution in [3.05, 3.63) is 137 Å². The van der Waals surface area contributed by atoms with Crippen LogP contribution in [0.2, 0.25) is 20.1 Å². The van der Waals surface area contributed by atoms with Crippen LogP contribution < -0.4 is 0 Å². The number of fused-ring (bicyclic) bond motifs is 4. The Morgan fingerprint density at radius 2 is 0.704 bits per heavy atom. The normalized spacial score (nSPS) is 9.81. The van der Waals surface area contributed by atoms with Gasteiger partial charge in [0.2, 0.25) is 0 Å². The van der Waals surface area contributed by atoms with Gasteiger partial charge in [0, 0.05) is 218 Å². The van der Waals surface area contributed by atoms with Crippen molar-refractivity contribution in [1.82, 2.24) is 29.9 Å². The van der Waals surface area contributed by atoms with Crippen LogP contribution in [-0.4, -0.2) is 104 Å². The van der Waals surface area contributed by atoms with Gasteiger partial charge in [-0.2, -0.15) is 0 Å². The summed E-state index contributed by atoms with van der Waals surface area (Å²) in [7, 11) is 2.56. The van der Waals surface area contributed by atoms with Crippen molar-refractivity contribution >= 4 is 161 Å². The fourth-order valence-corrected chi connectivity index (χ4v) is 11.9. The van der Waals surface area contributed by atoms with E-state index < -0.39 is 5.97 Å². The molecule has 0 saturated carbocycles. The van der Waals surface area contributed by atoms with Crippen molar-refractivity contribution in [2.45, 2.75) is 34.6 Å². The van der Waals surface area contributed by atoms with Gasteiger partial charge in [-0.1, -0.05) is 46.4 Å². The summed E-state index contributed by atoms with van der Waals surface area (Å²) in [6.07, 6.45) is 17.3. The van der Waals surface area contributed by atoms with Gasteiger partial charge in [0.1, 0.15) is 38.5 Å². The fourth-order valence-electron chi connectivity index (χ4n) is 6.63. The number of Topliss-reactive ketones (excluding diaryl/α,β-unsaturated/α-hetero) is 3. The Bertz CT molecular complexity index is 3640. The first-order valence-corrected chi connectivity index (χ1v) is 26.1. The van der Waals surface area contributed by atoms with E-state index >= 15 is 0 Å². The molecule has 0 aliphatic heterocycles. The van der Waals surface area contributed by atoms with Crippen molar-refractivity contribution in [3.63, 3.8) is 0 Å². The third kappa shape index (κ3) is 19.9. The minimum Gasteiger partial charge on any atom is -0.506 e. The molecule has 81 heavy (non-hydrogen) atoms. The second-order valence-corrected chi connectivity index (χ2v) is 21.1. The Morgan fingerprint density at radius 1 is 0.407 bits per heavy atom. The molecule has 6 N–H and O–H groups in total. The molecule has 19 nitrogen and oxygen atoms in total. The quantitative estimate of drug-likeness (QED) is 0.0689. The van der Waals surface area contributed by atoms with E-state index in [0.717, 1.165) is 48.6 Å². The minimum absolute atomic E-state index is 0. The number of hydrogen-bond donors (Lipinski definition) is 6. The number of aryl methyl sites for hydroxylation is 2. The van der Waals surface area contributed by atoms with Crippen LogP contribution in [0, 0.1) is 165 Å². The number of aromatic nitrogens is 6. The molecule has 0 bridgehead atoms. The average Bonchev–Trinajstić information content (AvgIpc) is 4.13. The third-order valence-corrected chi connectivity index (χ3v) is 15.8. The molecular formula is C50H40Ar4Cl4N6O13S4. The van der Waals surface area contributed by atoms with Crippen LogP contribution in [0.15, 0.2) is 80.4 Å². The maximum atomic E-state index is 11.4. The van der Waals surface area contributed by atoms with Crippen LogP contribution in [0.3, 0.4) is 0 Å². The standard InChI is InChI=1S/C10H9NO3S.C10H9NO2S.C9H7NO4S.C9H7NO3S.C7H5Cl2NO.C5H3Cl2N.4Ar/c1-5-8-6(12)3-11-4-7(8)15-9(5)10(13)14-2;1-5-9-7(13)3-11-4-8(9)14-10(5)6(2)12;1-14-9(13)8-7(12)6-4(11)2-10-3-5(6)15-8;1-4(11)9-8(13)7-5(12)2-10-3-6(7)14-9;1-4(11)7-5(8)2-10-3-6(7)9;6-4-1-5(7)3-8-2-4;;;;/h3-4,12H,1-2H3;3-4,13H,1-2H3;2-3,11-12H,1H3;2-3,12-13H,1H3;2-3H,1H3;1-3H;;;;. The molecule has 0 atom stereocenters. The molecule has 0 unspecified atom stereocenters.